The van der Waals surface area contributed by atoms with Crippen LogP contribution in [-0.2, 0) is 11.8 Å². The highest BCUT2D eigenvalue weighted by atomic mass is 32.2. The van der Waals surface area contributed by atoms with Gasteiger partial charge in [-0.1, -0.05) is 0 Å². The number of hydrogen-bond donors (Lipinski definition) is 3. The van der Waals surface area contributed by atoms with E-state index in [0.717, 1.165) is 0 Å². The van der Waals surface area contributed by atoms with Crippen LogP contribution in [-0.4, -0.2) is 44.9 Å². The summed E-state index contributed by atoms with van der Waals surface area (Å²) in [7, 11) is 1.72. The molecule has 18 heavy (non-hydrogen) atoms. The Labute approximate surface area is 109 Å². The van der Waals surface area contributed by atoms with E-state index in [2.05, 4.69) is 15.7 Å². The summed E-state index contributed by atoms with van der Waals surface area (Å²) in [6.07, 6.45) is 3.94. The second-order valence-corrected chi connectivity index (χ2v) is 4.63. The zero-order valence-corrected chi connectivity index (χ0v) is 11.0. The van der Waals surface area contributed by atoms with Gasteiger partial charge < -0.3 is 10.4 Å². The first-order valence-corrected chi connectivity index (χ1v) is 6.71. The smallest absolute Gasteiger partial charge is 0.326 e. The zero-order chi connectivity index (χ0) is 13.5. The van der Waals surface area contributed by atoms with Gasteiger partial charge in [-0.25, -0.2) is 9.59 Å². The van der Waals surface area contributed by atoms with Crippen molar-refractivity contribution < 1.29 is 14.7 Å². The van der Waals surface area contributed by atoms with Crippen molar-refractivity contribution in [1.82, 2.24) is 15.1 Å². The van der Waals surface area contributed by atoms with E-state index in [9.17, 15) is 9.59 Å². The number of anilines is 1. The van der Waals surface area contributed by atoms with Crippen molar-refractivity contribution in [3.63, 3.8) is 0 Å². The number of carbonyl (C=O) groups is 2. The summed E-state index contributed by atoms with van der Waals surface area (Å²) in [5.74, 6) is 0.00474. The molecule has 1 unspecified atom stereocenters. The molecule has 0 bridgehead atoms. The quantitative estimate of drug-likeness (QED) is 0.710. The molecule has 0 saturated carbocycles. The van der Waals surface area contributed by atoms with Gasteiger partial charge in [0.05, 0.1) is 0 Å². The predicted octanol–water partition coefficient (Wildman–Crippen LogP) is 0.748. The summed E-state index contributed by atoms with van der Waals surface area (Å²) in [5.41, 5.74) is 0. The van der Waals surface area contributed by atoms with E-state index in [1.807, 2.05) is 6.26 Å². The summed E-state index contributed by atoms with van der Waals surface area (Å²) in [4.78, 5) is 22.5. The van der Waals surface area contributed by atoms with E-state index in [1.165, 1.54) is 16.4 Å². The third-order valence-corrected chi connectivity index (χ3v) is 2.81. The molecule has 7 nitrogen and oxygen atoms in total. The molecule has 1 aromatic rings. The summed E-state index contributed by atoms with van der Waals surface area (Å²) in [6, 6.07) is 0.167. The van der Waals surface area contributed by atoms with Gasteiger partial charge in [-0.2, -0.15) is 16.9 Å². The molecule has 0 aliphatic carbocycles. The van der Waals surface area contributed by atoms with Crippen LogP contribution in [0.2, 0.25) is 0 Å². The standard InChI is InChI=1S/C10H16N4O3S/c1-14-5-3-8(13-14)12-10(17)11-7(9(15)16)4-6-18-2/h3,5,7H,4,6H2,1-2H3,(H,15,16)(H2,11,12,13,17). The number of thioether (sulfide) groups is 1. The molecule has 8 heteroatoms. The number of carbonyl (C=O) groups excluding carboxylic acids is 1. The SMILES string of the molecule is CSCCC(NC(=O)Nc1ccn(C)n1)C(=O)O. The first kappa shape index (κ1) is 14.4. The molecule has 3 N–H and O–H groups in total. The number of aliphatic carboxylic acids is 1. The lowest BCUT2D eigenvalue weighted by Crippen LogP contribution is -2.43. The van der Waals surface area contributed by atoms with Crippen LogP contribution in [0, 0.1) is 0 Å². The van der Waals surface area contributed by atoms with E-state index < -0.39 is 18.0 Å². The number of aryl methyl sites for hydroxylation is 1. The van der Waals surface area contributed by atoms with Gasteiger partial charge in [-0.15, -0.1) is 0 Å². The Hall–Kier alpha value is -1.70. The Balaban J connectivity index is 2.48. The maximum absolute atomic E-state index is 11.6. The van der Waals surface area contributed by atoms with Gasteiger partial charge in [0.1, 0.15) is 6.04 Å². The molecule has 100 valence electrons. The monoisotopic (exact) mass is 272 g/mol. The Morgan fingerprint density at radius 2 is 2.33 bits per heavy atom. The van der Waals surface area contributed by atoms with Crippen molar-refractivity contribution in [1.29, 1.82) is 0 Å². The summed E-state index contributed by atoms with van der Waals surface area (Å²) in [5, 5.41) is 17.8. The lowest BCUT2D eigenvalue weighted by Gasteiger charge is -2.13. The Bertz CT molecular complexity index is 421. The highest BCUT2D eigenvalue weighted by Gasteiger charge is 2.19. The van der Waals surface area contributed by atoms with Crippen molar-refractivity contribution in [2.75, 3.05) is 17.3 Å². The van der Waals surface area contributed by atoms with E-state index in [4.69, 9.17) is 5.11 Å². The summed E-state index contributed by atoms with van der Waals surface area (Å²) >= 11 is 1.53. The second-order valence-electron chi connectivity index (χ2n) is 3.65. The number of carboxylic acid groups (broad SMARTS) is 1. The van der Waals surface area contributed by atoms with Crippen molar-refractivity contribution in [3.05, 3.63) is 12.3 Å². The molecule has 0 aliphatic heterocycles. The largest absolute Gasteiger partial charge is 0.480 e. The average Bonchev–Trinajstić information content (AvgIpc) is 2.69. The Kier molecular flexibility index (Phi) is 5.50. The molecule has 0 radical (unpaired) electrons. The van der Waals surface area contributed by atoms with Crippen LogP contribution < -0.4 is 10.6 Å². The van der Waals surface area contributed by atoms with Crippen LogP contribution in [0.15, 0.2) is 12.3 Å². The van der Waals surface area contributed by atoms with Crippen molar-refractivity contribution in [2.45, 2.75) is 12.5 Å². The Morgan fingerprint density at radius 3 is 2.83 bits per heavy atom. The maximum atomic E-state index is 11.6. The van der Waals surface area contributed by atoms with E-state index in [-0.39, 0.29) is 0 Å². The number of carboxylic acids is 1. The summed E-state index contributed by atoms with van der Waals surface area (Å²) < 4.78 is 1.54. The first-order chi connectivity index (χ1) is 8.52. The minimum Gasteiger partial charge on any atom is -0.480 e. The van der Waals surface area contributed by atoms with E-state index >= 15 is 0 Å². The molecule has 0 fully saturated rings. The minimum absolute atomic E-state index is 0.379. The van der Waals surface area contributed by atoms with Gasteiger partial charge >= 0.3 is 12.0 Å². The molecule has 0 aliphatic rings. The van der Waals surface area contributed by atoms with E-state index in [0.29, 0.717) is 18.0 Å². The van der Waals surface area contributed by atoms with Gasteiger partial charge in [0.2, 0.25) is 0 Å². The Morgan fingerprint density at radius 1 is 1.61 bits per heavy atom. The molecule has 2 amide bonds. The van der Waals surface area contributed by atoms with Crippen molar-refractivity contribution in [2.24, 2.45) is 7.05 Å². The number of hydrogen-bond acceptors (Lipinski definition) is 4. The minimum atomic E-state index is -1.04. The molecule has 1 rings (SSSR count). The number of aromatic nitrogens is 2. The van der Waals surface area contributed by atoms with Crippen LogP contribution in [0.5, 0.6) is 0 Å². The van der Waals surface area contributed by atoms with Gasteiger partial charge in [0, 0.05) is 19.3 Å². The number of amides is 2. The molecule has 0 saturated heterocycles. The zero-order valence-electron chi connectivity index (χ0n) is 10.2. The number of urea groups is 1. The van der Waals surface area contributed by atoms with Crippen LogP contribution in [0.25, 0.3) is 0 Å². The molecule has 1 atom stereocenters. The lowest BCUT2D eigenvalue weighted by atomic mass is 10.2. The molecule has 1 heterocycles. The first-order valence-electron chi connectivity index (χ1n) is 5.32. The maximum Gasteiger partial charge on any atom is 0.326 e. The average molecular weight is 272 g/mol. The van der Waals surface area contributed by atoms with Crippen molar-refractivity contribution >= 4 is 29.6 Å². The second kappa shape index (κ2) is 6.90. The number of nitrogens with one attached hydrogen (secondary N) is 2. The number of nitrogens with zero attached hydrogens (tertiary/aromatic N) is 2. The van der Waals surface area contributed by atoms with Crippen LogP contribution in [0.4, 0.5) is 10.6 Å². The van der Waals surface area contributed by atoms with Gasteiger partial charge in [-0.3, -0.25) is 10.00 Å². The lowest BCUT2D eigenvalue weighted by molar-refractivity contribution is -0.139. The number of rotatable bonds is 6. The van der Waals surface area contributed by atoms with Crippen LogP contribution in [0.1, 0.15) is 6.42 Å². The fourth-order valence-corrected chi connectivity index (χ4v) is 1.76. The molecular formula is C10H16N4O3S. The molecular weight excluding hydrogens is 256 g/mol. The highest BCUT2D eigenvalue weighted by molar-refractivity contribution is 7.98. The van der Waals surface area contributed by atoms with Gasteiger partial charge in [0.15, 0.2) is 5.82 Å². The van der Waals surface area contributed by atoms with Gasteiger partial charge in [0.25, 0.3) is 0 Å². The van der Waals surface area contributed by atoms with Crippen LogP contribution in [0.3, 0.4) is 0 Å². The highest BCUT2D eigenvalue weighted by Crippen LogP contribution is 2.03. The fraction of sp³-hybridized carbons (Fsp3) is 0.500. The molecule has 1 aromatic heterocycles. The van der Waals surface area contributed by atoms with Crippen LogP contribution >= 0.6 is 11.8 Å². The normalized spacial score (nSPS) is 11.9. The predicted molar refractivity (Wildman–Crippen MR) is 69.8 cm³/mol. The molecule has 0 aromatic carbocycles. The third kappa shape index (κ3) is 4.66. The van der Waals surface area contributed by atoms with Crippen molar-refractivity contribution in [3.8, 4) is 0 Å². The molecule has 0 spiro atoms. The van der Waals surface area contributed by atoms with E-state index in [1.54, 1.807) is 19.3 Å². The summed E-state index contributed by atoms with van der Waals surface area (Å²) in [6.45, 7) is 0. The fourth-order valence-electron chi connectivity index (χ4n) is 1.29. The third-order valence-electron chi connectivity index (χ3n) is 2.17. The van der Waals surface area contributed by atoms with Gasteiger partial charge in [-0.05, 0) is 18.4 Å². The topological polar surface area (TPSA) is 96.3 Å².